The Bertz CT molecular complexity index is 561. The highest BCUT2D eigenvalue weighted by Gasteiger charge is 2.14. The van der Waals surface area contributed by atoms with E-state index in [4.69, 9.17) is 10.5 Å². The average molecular weight is 233 g/mol. The molecule has 0 saturated heterocycles. The summed E-state index contributed by atoms with van der Waals surface area (Å²) in [6, 6.07) is 0. The Hall–Kier alpha value is -2.11. The molecule has 0 aromatic carbocycles. The molecule has 0 unspecified atom stereocenters. The van der Waals surface area contributed by atoms with Crippen LogP contribution in [0.2, 0.25) is 0 Å². The summed E-state index contributed by atoms with van der Waals surface area (Å²) in [6.45, 7) is 5.70. The van der Waals surface area contributed by atoms with Crippen molar-refractivity contribution < 1.29 is 4.74 Å². The minimum absolute atomic E-state index is 0.199. The smallest absolute Gasteiger partial charge is 0.227 e. The van der Waals surface area contributed by atoms with Gasteiger partial charge in [0.15, 0.2) is 5.75 Å². The number of ether oxygens (including phenoxy) is 1. The molecule has 0 aliphatic carbocycles. The second-order valence-electron chi connectivity index (χ2n) is 3.94. The minimum atomic E-state index is 0.199. The van der Waals surface area contributed by atoms with E-state index in [1.165, 1.54) is 0 Å². The van der Waals surface area contributed by atoms with Crippen LogP contribution < -0.4 is 10.5 Å². The molecule has 6 nitrogen and oxygen atoms in total. The van der Waals surface area contributed by atoms with Gasteiger partial charge in [-0.3, -0.25) is 4.68 Å². The van der Waals surface area contributed by atoms with Gasteiger partial charge in [-0.2, -0.15) is 10.1 Å². The third-order valence-electron chi connectivity index (χ3n) is 2.59. The van der Waals surface area contributed by atoms with E-state index in [1.54, 1.807) is 10.9 Å². The molecule has 6 heteroatoms. The normalized spacial score (nSPS) is 10.6. The van der Waals surface area contributed by atoms with Crippen molar-refractivity contribution in [2.24, 2.45) is 7.05 Å². The first-order chi connectivity index (χ1) is 7.99. The zero-order valence-electron chi connectivity index (χ0n) is 10.4. The Labute approximate surface area is 99.4 Å². The highest BCUT2D eigenvalue weighted by Crippen LogP contribution is 2.28. The monoisotopic (exact) mass is 233 g/mol. The Morgan fingerprint density at radius 3 is 2.59 bits per heavy atom. The molecule has 0 amide bonds. The van der Waals surface area contributed by atoms with Crippen LogP contribution in [0.15, 0.2) is 6.20 Å². The topological polar surface area (TPSA) is 78.8 Å². The molecule has 0 radical (unpaired) electrons. The Morgan fingerprint density at radius 2 is 2.00 bits per heavy atom. The van der Waals surface area contributed by atoms with Crippen molar-refractivity contribution in [3.05, 3.63) is 23.1 Å². The SMILES string of the molecule is Cc1cnc(N)nc1Oc1c(C)nn(C)c1C. The van der Waals surface area contributed by atoms with Crippen LogP contribution in [0, 0.1) is 20.8 Å². The maximum atomic E-state index is 5.76. The predicted molar refractivity (Wildman–Crippen MR) is 63.9 cm³/mol. The van der Waals surface area contributed by atoms with Crippen LogP contribution in [-0.4, -0.2) is 19.7 Å². The molecule has 2 N–H and O–H groups in total. The highest BCUT2D eigenvalue weighted by atomic mass is 16.5. The maximum Gasteiger partial charge on any atom is 0.227 e. The van der Waals surface area contributed by atoms with Gasteiger partial charge in [0.2, 0.25) is 11.8 Å². The van der Waals surface area contributed by atoms with Gasteiger partial charge in [0.1, 0.15) is 5.69 Å². The fourth-order valence-corrected chi connectivity index (χ4v) is 1.54. The molecule has 0 bridgehead atoms. The summed E-state index contributed by atoms with van der Waals surface area (Å²) in [4.78, 5) is 7.96. The number of hydrogen-bond acceptors (Lipinski definition) is 5. The largest absolute Gasteiger partial charge is 0.435 e. The zero-order valence-corrected chi connectivity index (χ0v) is 10.4. The van der Waals surface area contributed by atoms with E-state index < -0.39 is 0 Å². The lowest BCUT2D eigenvalue weighted by atomic mass is 10.3. The first-order valence-corrected chi connectivity index (χ1v) is 5.26. The van der Waals surface area contributed by atoms with Crippen LogP contribution in [-0.2, 0) is 7.05 Å². The van der Waals surface area contributed by atoms with E-state index in [-0.39, 0.29) is 5.95 Å². The van der Waals surface area contributed by atoms with Crippen molar-refractivity contribution >= 4 is 5.95 Å². The lowest BCUT2D eigenvalue weighted by Gasteiger charge is -2.07. The standard InChI is InChI=1S/C11H15N5O/c1-6-5-13-11(12)14-10(6)17-9-7(2)15-16(4)8(9)3/h5H,1-4H3,(H2,12,13,14). The van der Waals surface area contributed by atoms with Crippen molar-refractivity contribution in [3.63, 3.8) is 0 Å². The first-order valence-electron chi connectivity index (χ1n) is 5.26. The molecule has 2 heterocycles. The second-order valence-corrected chi connectivity index (χ2v) is 3.94. The molecule has 17 heavy (non-hydrogen) atoms. The molecule has 0 atom stereocenters. The summed E-state index contributed by atoms with van der Waals surface area (Å²) in [6.07, 6.45) is 1.64. The van der Waals surface area contributed by atoms with Crippen molar-refractivity contribution in [1.82, 2.24) is 19.7 Å². The van der Waals surface area contributed by atoms with Crippen molar-refractivity contribution in [2.75, 3.05) is 5.73 Å². The third kappa shape index (κ3) is 2.06. The van der Waals surface area contributed by atoms with E-state index >= 15 is 0 Å². The van der Waals surface area contributed by atoms with E-state index in [2.05, 4.69) is 15.1 Å². The average Bonchev–Trinajstić information content (AvgIpc) is 2.50. The summed E-state index contributed by atoms with van der Waals surface area (Å²) < 4.78 is 7.53. The molecular formula is C11H15N5O. The van der Waals surface area contributed by atoms with Crippen LogP contribution in [0.1, 0.15) is 17.0 Å². The van der Waals surface area contributed by atoms with Crippen molar-refractivity contribution in [2.45, 2.75) is 20.8 Å². The lowest BCUT2D eigenvalue weighted by molar-refractivity contribution is 0.451. The van der Waals surface area contributed by atoms with Gasteiger partial charge in [0, 0.05) is 18.8 Å². The molecular weight excluding hydrogens is 218 g/mol. The highest BCUT2D eigenvalue weighted by molar-refractivity contribution is 5.38. The molecule has 2 aromatic rings. The summed E-state index contributed by atoms with van der Waals surface area (Å²) in [5.74, 6) is 1.38. The van der Waals surface area contributed by atoms with Crippen LogP contribution in [0.3, 0.4) is 0 Å². The lowest BCUT2D eigenvalue weighted by Crippen LogP contribution is -2.00. The number of nitrogens with two attached hydrogens (primary N) is 1. The molecule has 90 valence electrons. The number of nitrogens with zero attached hydrogens (tertiary/aromatic N) is 4. The second kappa shape index (κ2) is 4.04. The third-order valence-corrected chi connectivity index (χ3v) is 2.59. The van der Waals surface area contributed by atoms with Crippen molar-refractivity contribution in [1.29, 1.82) is 0 Å². The van der Waals surface area contributed by atoms with E-state index in [9.17, 15) is 0 Å². The fourth-order valence-electron chi connectivity index (χ4n) is 1.54. The molecule has 0 spiro atoms. The number of aryl methyl sites for hydroxylation is 3. The van der Waals surface area contributed by atoms with Crippen LogP contribution in [0.4, 0.5) is 5.95 Å². The van der Waals surface area contributed by atoms with E-state index in [1.807, 2.05) is 27.8 Å². The van der Waals surface area contributed by atoms with Crippen LogP contribution >= 0.6 is 0 Å². The number of hydrogen-bond donors (Lipinski definition) is 1. The molecule has 2 rings (SSSR count). The first kappa shape index (κ1) is 11.4. The Balaban J connectivity index is 2.41. The van der Waals surface area contributed by atoms with E-state index in [0.29, 0.717) is 11.6 Å². The summed E-state index contributed by atoms with van der Waals surface area (Å²) >= 11 is 0. The Morgan fingerprint density at radius 1 is 1.29 bits per heavy atom. The van der Waals surface area contributed by atoms with Crippen LogP contribution in [0.25, 0.3) is 0 Å². The van der Waals surface area contributed by atoms with Crippen molar-refractivity contribution in [3.8, 4) is 11.6 Å². The van der Waals surface area contributed by atoms with Gasteiger partial charge < -0.3 is 10.5 Å². The molecule has 2 aromatic heterocycles. The fraction of sp³-hybridized carbons (Fsp3) is 0.364. The van der Waals surface area contributed by atoms with Gasteiger partial charge in [-0.1, -0.05) is 0 Å². The predicted octanol–water partition coefficient (Wildman–Crippen LogP) is 1.51. The summed E-state index contributed by atoms with van der Waals surface area (Å²) in [5.41, 5.74) is 8.14. The minimum Gasteiger partial charge on any atom is -0.435 e. The zero-order chi connectivity index (χ0) is 12.6. The van der Waals surface area contributed by atoms with Gasteiger partial charge in [-0.15, -0.1) is 0 Å². The molecule has 0 aliphatic rings. The summed E-state index contributed by atoms with van der Waals surface area (Å²) in [5, 5.41) is 4.28. The molecule has 0 saturated carbocycles. The molecule has 0 fully saturated rings. The number of aromatic nitrogens is 4. The quantitative estimate of drug-likeness (QED) is 0.850. The molecule has 0 aliphatic heterocycles. The van der Waals surface area contributed by atoms with Crippen LogP contribution in [0.5, 0.6) is 11.6 Å². The van der Waals surface area contributed by atoms with Gasteiger partial charge >= 0.3 is 0 Å². The van der Waals surface area contributed by atoms with Gasteiger partial charge in [-0.05, 0) is 20.8 Å². The van der Waals surface area contributed by atoms with Gasteiger partial charge in [-0.25, -0.2) is 4.98 Å². The maximum absolute atomic E-state index is 5.76. The summed E-state index contributed by atoms with van der Waals surface area (Å²) in [7, 11) is 1.87. The Kier molecular flexibility index (Phi) is 2.71. The number of rotatable bonds is 2. The van der Waals surface area contributed by atoms with Gasteiger partial charge in [0.05, 0.1) is 5.69 Å². The van der Waals surface area contributed by atoms with E-state index in [0.717, 1.165) is 17.0 Å². The number of nitrogen functional groups attached to an aromatic ring is 1. The van der Waals surface area contributed by atoms with Gasteiger partial charge in [0.25, 0.3) is 0 Å². The number of anilines is 1.